The van der Waals surface area contributed by atoms with Crippen LogP contribution in [0, 0.1) is 0 Å². The lowest BCUT2D eigenvalue weighted by Crippen LogP contribution is -2.44. The first-order chi connectivity index (χ1) is 19.6. The first kappa shape index (κ1) is 33.9. The van der Waals surface area contributed by atoms with E-state index >= 15 is 0 Å². The van der Waals surface area contributed by atoms with E-state index in [2.05, 4.69) is 63.6 Å². The molecule has 0 aliphatic rings. The molecule has 2 unspecified atom stereocenters. The second-order valence-electron chi connectivity index (χ2n) is 12.5. The van der Waals surface area contributed by atoms with Gasteiger partial charge in [0.05, 0.1) is 6.10 Å². The largest absolute Gasteiger partial charge is 0.508 e. The number of carbonyl (C=O) groups is 1. The van der Waals surface area contributed by atoms with Crippen LogP contribution in [0.4, 0.5) is 0 Å². The average Bonchev–Trinajstić information content (AvgIpc) is 2.88. The molecule has 0 saturated heterocycles. The molecule has 228 valence electrons. The molecule has 0 fully saturated rings. The lowest BCUT2D eigenvalue weighted by molar-refractivity contribution is -0.121. The lowest BCUT2D eigenvalue weighted by atomic mass is 10.0. The van der Waals surface area contributed by atoms with Gasteiger partial charge < -0.3 is 25.3 Å². The molecule has 0 spiro atoms. The summed E-state index contributed by atoms with van der Waals surface area (Å²) in [7, 11) is -2.14. The molecule has 1 amide bonds. The van der Waals surface area contributed by atoms with Gasteiger partial charge in [-0.15, -0.1) is 0 Å². The molecule has 9 heteroatoms. The van der Waals surface area contributed by atoms with Crippen molar-refractivity contribution in [2.75, 3.05) is 6.54 Å². The van der Waals surface area contributed by atoms with Crippen molar-refractivity contribution in [1.82, 2.24) is 10.6 Å². The monoisotopic (exact) mass is 630 g/mol. The van der Waals surface area contributed by atoms with E-state index in [0.29, 0.717) is 36.0 Å². The van der Waals surface area contributed by atoms with Crippen molar-refractivity contribution >= 4 is 37.4 Å². The van der Waals surface area contributed by atoms with Crippen LogP contribution in [0.15, 0.2) is 60.7 Å². The Hall–Kier alpha value is -2.55. The van der Waals surface area contributed by atoms with Crippen LogP contribution < -0.4 is 10.6 Å². The highest BCUT2D eigenvalue weighted by Crippen LogP contribution is 2.40. The van der Waals surface area contributed by atoms with Crippen LogP contribution in [0.3, 0.4) is 0 Å². The van der Waals surface area contributed by atoms with Gasteiger partial charge in [-0.1, -0.05) is 74.3 Å². The maximum atomic E-state index is 12.5. The number of benzene rings is 3. The third-order valence-corrected chi connectivity index (χ3v) is 13.1. The highest BCUT2D eigenvalue weighted by molar-refractivity contribution is 6.74. The normalized spacial score (nSPS) is 13.5. The molecule has 0 bridgehead atoms. The van der Waals surface area contributed by atoms with Crippen LogP contribution in [0.5, 0.6) is 11.5 Å². The van der Waals surface area contributed by atoms with E-state index in [1.165, 1.54) is 11.6 Å². The number of phenols is 2. The Balaban J connectivity index is 1.58. The fourth-order valence-electron chi connectivity index (χ4n) is 4.44. The quantitative estimate of drug-likeness (QED) is 0.144. The molecule has 0 saturated carbocycles. The lowest BCUT2D eigenvalue weighted by Gasteiger charge is -2.39. The summed E-state index contributed by atoms with van der Waals surface area (Å²) >= 11 is 12.4. The minimum absolute atomic E-state index is 0.00865. The van der Waals surface area contributed by atoms with Gasteiger partial charge in [0.2, 0.25) is 5.91 Å². The molecule has 2 atom stereocenters. The molecule has 3 aromatic rings. The first-order valence-corrected chi connectivity index (χ1v) is 18.0. The van der Waals surface area contributed by atoms with E-state index in [-0.39, 0.29) is 34.6 Å². The van der Waals surface area contributed by atoms with Crippen LogP contribution >= 0.6 is 23.2 Å². The summed E-state index contributed by atoms with van der Waals surface area (Å²) < 4.78 is 6.74. The van der Waals surface area contributed by atoms with Crippen LogP contribution in [0.1, 0.15) is 62.5 Å². The second kappa shape index (κ2) is 14.8. The minimum Gasteiger partial charge on any atom is -0.508 e. The Morgan fingerprint density at radius 3 is 2.17 bits per heavy atom. The number of aryl methyl sites for hydroxylation is 1. The Bertz CT molecular complexity index is 1320. The van der Waals surface area contributed by atoms with E-state index in [1.807, 2.05) is 12.1 Å². The summed E-state index contributed by atoms with van der Waals surface area (Å²) in [5.41, 5.74) is 3.73. The summed E-state index contributed by atoms with van der Waals surface area (Å²) in [6, 6.07) is 18.4. The summed E-state index contributed by atoms with van der Waals surface area (Å²) in [6.45, 7) is 13.9. The van der Waals surface area contributed by atoms with E-state index in [9.17, 15) is 15.0 Å². The van der Waals surface area contributed by atoms with Gasteiger partial charge in [0.15, 0.2) is 8.32 Å². The molecular weight excluding hydrogens is 587 g/mol. The third kappa shape index (κ3) is 10.0. The number of hydrogen-bond acceptors (Lipinski definition) is 5. The van der Waals surface area contributed by atoms with Gasteiger partial charge in [0.1, 0.15) is 11.5 Å². The van der Waals surface area contributed by atoms with Gasteiger partial charge in [-0.25, -0.2) is 0 Å². The van der Waals surface area contributed by atoms with Gasteiger partial charge in [-0.2, -0.15) is 0 Å². The summed E-state index contributed by atoms with van der Waals surface area (Å²) in [5.74, 6) is -0.0303. The number of amides is 1. The Morgan fingerprint density at radius 2 is 1.55 bits per heavy atom. The van der Waals surface area contributed by atoms with Crippen molar-refractivity contribution in [1.29, 1.82) is 0 Å². The van der Waals surface area contributed by atoms with E-state index in [1.54, 1.807) is 30.3 Å². The molecule has 42 heavy (non-hydrogen) atoms. The number of nitrogens with one attached hydrogen (secondary N) is 2. The average molecular weight is 632 g/mol. The highest BCUT2D eigenvalue weighted by atomic mass is 35.5. The molecule has 0 heterocycles. The fraction of sp³-hybridized carbons (Fsp3) is 0.424. The molecule has 0 aromatic heterocycles. The number of aromatic hydroxyl groups is 2. The Kier molecular flexibility index (Phi) is 11.9. The van der Waals surface area contributed by atoms with Gasteiger partial charge in [0, 0.05) is 47.2 Å². The van der Waals surface area contributed by atoms with Crippen LogP contribution in [0.2, 0.25) is 28.2 Å². The zero-order valence-corrected chi connectivity index (χ0v) is 27.9. The van der Waals surface area contributed by atoms with E-state index in [4.69, 9.17) is 27.6 Å². The van der Waals surface area contributed by atoms with Crippen molar-refractivity contribution in [3.8, 4) is 11.5 Å². The van der Waals surface area contributed by atoms with Crippen molar-refractivity contribution in [3.05, 3.63) is 93.0 Å². The van der Waals surface area contributed by atoms with Crippen molar-refractivity contribution in [2.24, 2.45) is 0 Å². The zero-order chi connectivity index (χ0) is 31.1. The molecule has 3 aromatic carbocycles. The first-order valence-electron chi connectivity index (χ1n) is 14.4. The predicted octanol–water partition coefficient (Wildman–Crippen LogP) is 7.94. The zero-order valence-electron chi connectivity index (χ0n) is 25.4. The number of carbonyl (C=O) groups excluding carboxylic acids is 1. The molecule has 6 nitrogen and oxygen atoms in total. The molecular formula is C33H44Cl2N2O4Si. The smallest absolute Gasteiger partial charge is 0.220 e. The van der Waals surface area contributed by atoms with E-state index in [0.717, 1.165) is 23.1 Å². The maximum Gasteiger partial charge on any atom is 0.220 e. The van der Waals surface area contributed by atoms with Crippen LogP contribution in [-0.2, 0) is 28.6 Å². The number of hydrogen-bond donors (Lipinski definition) is 4. The van der Waals surface area contributed by atoms with Gasteiger partial charge in [0.25, 0.3) is 0 Å². The Morgan fingerprint density at radius 1 is 0.952 bits per heavy atom. The van der Waals surface area contributed by atoms with Crippen molar-refractivity contribution in [3.63, 3.8) is 0 Å². The number of halogens is 2. The maximum absolute atomic E-state index is 12.5. The second-order valence-corrected chi connectivity index (χ2v) is 18.0. The highest BCUT2D eigenvalue weighted by Gasteiger charge is 2.39. The summed E-state index contributed by atoms with van der Waals surface area (Å²) in [5, 5.41) is 27.8. The van der Waals surface area contributed by atoms with Gasteiger partial charge in [-0.05, 0) is 78.9 Å². The van der Waals surface area contributed by atoms with Crippen LogP contribution in [0.25, 0.3) is 0 Å². The SMILES string of the molecule is CC(Cc1cccc(CCC(=O)NCc2c(Cl)cccc2Cl)c1)NCC(O[Si](C)(C)C(C)(C)C)c1cc(O)cc(O)c1. The van der Waals surface area contributed by atoms with E-state index < -0.39 is 8.32 Å². The van der Waals surface area contributed by atoms with Crippen molar-refractivity contribution in [2.45, 2.75) is 83.8 Å². The molecule has 0 aliphatic heterocycles. The standard InChI is InChI=1S/C33H44Cl2N2O4Si/c1-22(36-21-31(41-42(5,6)33(2,3)4)25-17-26(38)19-27(39)18-25)15-24-10-7-9-23(16-24)13-14-32(40)37-20-28-29(34)11-8-12-30(28)35/h7-12,16-19,22,31,36,38-39H,13-15,20-21H2,1-6H3,(H,37,40). The third-order valence-electron chi connectivity index (χ3n) is 7.89. The molecule has 0 radical (unpaired) electrons. The number of phenolic OH excluding ortho intramolecular Hbond substituents is 2. The van der Waals surface area contributed by atoms with Gasteiger partial charge in [-0.3, -0.25) is 4.79 Å². The molecule has 3 rings (SSSR count). The number of rotatable bonds is 13. The van der Waals surface area contributed by atoms with Crippen molar-refractivity contribution < 1.29 is 19.4 Å². The molecule has 0 aliphatic carbocycles. The van der Waals surface area contributed by atoms with Crippen LogP contribution in [-0.4, -0.2) is 37.0 Å². The topological polar surface area (TPSA) is 90.8 Å². The summed E-state index contributed by atoms with van der Waals surface area (Å²) in [4.78, 5) is 12.5. The fourth-order valence-corrected chi connectivity index (χ4v) is 6.26. The molecule has 4 N–H and O–H groups in total. The predicted molar refractivity (Wildman–Crippen MR) is 175 cm³/mol. The van der Waals surface area contributed by atoms with Gasteiger partial charge >= 0.3 is 0 Å². The summed E-state index contributed by atoms with van der Waals surface area (Å²) in [6.07, 6.45) is 1.46. The Labute approximate surface area is 261 Å². The minimum atomic E-state index is -2.14.